The highest BCUT2D eigenvalue weighted by Gasteiger charge is 2.59. The van der Waals surface area contributed by atoms with Gasteiger partial charge in [0, 0.05) is 17.2 Å². The average molecular weight is 589 g/mol. The first-order valence-corrected chi connectivity index (χ1v) is 15.6. The summed E-state index contributed by atoms with van der Waals surface area (Å²) in [6.07, 6.45) is 9.65. The van der Waals surface area contributed by atoms with Crippen molar-refractivity contribution in [3.05, 3.63) is 74.3 Å². The van der Waals surface area contributed by atoms with Gasteiger partial charge in [0.15, 0.2) is 0 Å². The van der Waals surface area contributed by atoms with E-state index >= 15 is 0 Å². The predicted octanol–water partition coefficient (Wildman–Crippen LogP) is 7.47. The van der Waals surface area contributed by atoms with Gasteiger partial charge in [-0.1, -0.05) is 44.2 Å². The molecule has 4 aliphatic rings. The van der Waals surface area contributed by atoms with E-state index in [1.54, 1.807) is 0 Å². The summed E-state index contributed by atoms with van der Waals surface area (Å²) in [6.45, 7) is 4.79. The van der Waals surface area contributed by atoms with Crippen LogP contribution in [0.15, 0.2) is 53.6 Å². The highest BCUT2D eigenvalue weighted by atomic mass is 16.6. The lowest BCUT2D eigenvalue weighted by Crippen LogP contribution is -2.54. The molecule has 0 bridgehead atoms. The van der Waals surface area contributed by atoms with Crippen molar-refractivity contribution in [2.75, 3.05) is 5.43 Å². The average Bonchev–Trinajstić information content (AvgIpc) is 3.32. The Labute approximate surface area is 251 Å². The van der Waals surface area contributed by atoms with Gasteiger partial charge >= 0.3 is 11.7 Å². The van der Waals surface area contributed by atoms with Crippen molar-refractivity contribution in [2.45, 2.75) is 84.2 Å². The number of ether oxygens (including phenoxy) is 1. The Morgan fingerprint density at radius 1 is 0.977 bits per heavy atom. The first-order chi connectivity index (χ1) is 20.6. The van der Waals surface area contributed by atoms with Gasteiger partial charge in [-0.3, -0.25) is 30.4 Å². The molecule has 43 heavy (non-hydrogen) atoms. The van der Waals surface area contributed by atoms with Crippen molar-refractivity contribution in [1.82, 2.24) is 0 Å². The monoisotopic (exact) mass is 588 g/mol. The second-order valence-corrected chi connectivity index (χ2v) is 13.6. The SMILES string of the molecule is C[C@]12CC[C@H](OC(=O)Cc3ccccc3)C[C@@H]1CC[C@@H]1[C@@H]2CC[C@]2(C)C(=NNc3ccc([N+](=O)[O-])cc3[N+](=O)[O-])CC[C@@H]12. The number of esters is 1. The Kier molecular flexibility index (Phi) is 7.73. The van der Waals surface area contributed by atoms with Crippen LogP contribution in [0.1, 0.15) is 77.2 Å². The van der Waals surface area contributed by atoms with Crippen LogP contribution in [-0.2, 0) is 16.0 Å². The Bertz CT molecular complexity index is 1450. The fourth-order valence-electron chi connectivity index (χ4n) is 9.30. The van der Waals surface area contributed by atoms with Crippen molar-refractivity contribution in [3.8, 4) is 0 Å². The molecular formula is C33H40N4O6. The maximum absolute atomic E-state index is 12.7. The van der Waals surface area contributed by atoms with Crippen molar-refractivity contribution < 1.29 is 19.4 Å². The number of non-ortho nitro benzene ring substituents is 1. The third kappa shape index (κ3) is 5.40. The molecule has 4 saturated carbocycles. The van der Waals surface area contributed by atoms with Crippen LogP contribution in [0, 0.1) is 54.7 Å². The van der Waals surface area contributed by atoms with E-state index in [-0.39, 0.29) is 40.0 Å². The van der Waals surface area contributed by atoms with Gasteiger partial charge in [-0.05, 0) is 98.5 Å². The van der Waals surface area contributed by atoms with Crippen LogP contribution >= 0.6 is 0 Å². The van der Waals surface area contributed by atoms with Crippen LogP contribution in [-0.4, -0.2) is 27.6 Å². The topological polar surface area (TPSA) is 137 Å². The molecule has 0 aliphatic heterocycles. The lowest BCUT2D eigenvalue weighted by molar-refractivity contribution is -0.393. The molecule has 0 aromatic heterocycles. The Hall–Kier alpha value is -3.82. The number of fused-ring (bicyclic) bond motifs is 5. The number of hydrogen-bond acceptors (Lipinski definition) is 8. The Morgan fingerprint density at radius 3 is 2.51 bits per heavy atom. The maximum Gasteiger partial charge on any atom is 0.310 e. The number of carbonyl (C=O) groups is 1. The van der Waals surface area contributed by atoms with E-state index in [4.69, 9.17) is 9.84 Å². The minimum absolute atomic E-state index is 0.000498. The first-order valence-electron chi connectivity index (χ1n) is 15.6. The van der Waals surface area contributed by atoms with Gasteiger partial charge < -0.3 is 4.74 Å². The van der Waals surface area contributed by atoms with E-state index in [0.29, 0.717) is 30.1 Å². The third-order valence-electron chi connectivity index (χ3n) is 11.5. The number of rotatable bonds is 7. The summed E-state index contributed by atoms with van der Waals surface area (Å²) in [5.74, 6) is 2.18. The zero-order valence-electron chi connectivity index (χ0n) is 24.9. The number of hydrazone groups is 1. The van der Waals surface area contributed by atoms with E-state index < -0.39 is 9.85 Å². The Morgan fingerprint density at radius 2 is 1.77 bits per heavy atom. The quantitative estimate of drug-likeness (QED) is 0.201. The molecule has 0 unspecified atom stereocenters. The van der Waals surface area contributed by atoms with E-state index in [2.05, 4.69) is 19.3 Å². The third-order valence-corrected chi connectivity index (χ3v) is 11.5. The normalized spacial score (nSPS) is 34.0. The molecule has 7 atom stereocenters. The predicted molar refractivity (Wildman–Crippen MR) is 163 cm³/mol. The molecule has 0 heterocycles. The number of hydrogen-bond donors (Lipinski definition) is 1. The van der Waals surface area contributed by atoms with Crippen LogP contribution in [0.25, 0.3) is 0 Å². The number of benzene rings is 2. The summed E-state index contributed by atoms with van der Waals surface area (Å²) in [7, 11) is 0. The maximum atomic E-state index is 12.7. The van der Waals surface area contributed by atoms with Gasteiger partial charge in [0.05, 0.1) is 22.3 Å². The fraction of sp³-hybridized carbons (Fsp3) is 0.576. The lowest BCUT2D eigenvalue weighted by Gasteiger charge is -2.60. The zero-order chi connectivity index (χ0) is 30.4. The second kappa shape index (κ2) is 11.4. The summed E-state index contributed by atoms with van der Waals surface area (Å²) >= 11 is 0. The summed E-state index contributed by atoms with van der Waals surface area (Å²) in [5.41, 5.74) is 4.60. The highest BCUT2D eigenvalue weighted by Crippen LogP contribution is 2.65. The highest BCUT2D eigenvalue weighted by molar-refractivity contribution is 5.93. The molecule has 1 N–H and O–H groups in total. The molecule has 228 valence electrons. The van der Waals surface area contributed by atoms with Gasteiger partial charge in [-0.25, -0.2) is 0 Å². The number of anilines is 1. The number of nitro benzene ring substituents is 2. The van der Waals surface area contributed by atoms with Gasteiger partial charge in [0.1, 0.15) is 11.8 Å². The Balaban J connectivity index is 1.12. The van der Waals surface area contributed by atoms with E-state index in [0.717, 1.165) is 68.7 Å². The van der Waals surface area contributed by atoms with E-state index in [1.807, 2.05) is 30.3 Å². The van der Waals surface area contributed by atoms with Gasteiger partial charge in [0.25, 0.3) is 5.69 Å². The lowest BCUT2D eigenvalue weighted by atomic mass is 9.45. The van der Waals surface area contributed by atoms with Crippen molar-refractivity contribution >= 4 is 28.7 Å². The molecule has 4 aliphatic carbocycles. The molecule has 4 fully saturated rings. The van der Waals surface area contributed by atoms with Crippen molar-refractivity contribution in [2.24, 2.45) is 39.6 Å². The first kappa shape index (κ1) is 29.3. The second-order valence-electron chi connectivity index (χ2n) is 13.6. The smallest absolute Gasteiger partial charge is 0.310 e. The van der Waals surface area contributed by atoms with Gasteiger partial charge in [0.2, 0.25) is 0 Å². The van der Waals surface area contributed by atoms with Gasteiger partial charge in [-0.2, -0.15) is 5.10 Å². The largest absolute Gasteiger partial charge is 0.462 e. The molecule has 6 rings (SSSR count). The van der Waals surface area contributed by atoms with Gasteiger partial charge in [-0.15, -0.1) is 0 Å². The van der Waals surface area contributed by atoms with Crippen LogP contribution < -0.4 is 5.43 Å². The number of carbonyl (C=O) groups excluding carboxylic acids is 1. The van der Waals surface area contributed by atoms with Crippen LogP contribution in [0.2, 0.25) is 0 Å². The molecule has 0 radical (unpaired) electrons. The molecule has 2 aromatic carbocycles. The fourth-order valence-corrected chi connectivity index (χ4v) is 9.30. The zero-order valence-corrected chi connectivity index (χ0v) is 24.9. The van der Waals surface area contributed by atoms with E-state index in [1.165, 1.54) is 18.6 Å². The summed E-state index contributed by atoms with van der Waals surface area (Å²) in [6, 6.07) is 13.4. The number of nitro groups is 2. The molecule has 10 heteroatoms. The minimum atomic E-state index is -0.635. The molecule has 10 nitrogen and oxygen atoms in total. The number of nitrogens with zero attached hydrogens (tertiary/aromatic N) is 3. The summed E-state index contributed by atoms with van der Waals surface area (Å²) in [5, 5.41) is 27.4. The van der Waals surface area contributed by atoms with Crippen LogP contribution in [0.3, 0.4) is 0 Å². The van der Waals surface area contributed by atoms with E-state index in [9.17, 15) is 25.0 Å². The summed E-state index contributed by atoms with van der Waals surface area (Å²) < 4.78 is 5.99. The molecule has 2 aromatic rings. The molecule has 0 saturated heterocycles. The van der Waals surface area contributed by atoms with Crippen LogP contribution in [0.4, 0.5) is 17.1 Å². The standard InChI is InChI=1S/C33H40N4O6/c1-32-16-14-24(43-31(38)18-21-6-4-3-5-7-21)19-22(32)8-10-25-26-11-13-30(33(26,2)17-15-27(25)32)35-34-28-12-9-23(36(39)40)20-29(28)37(41)42/h3-7,9,12,20,22,24-27,34H,8,10-11,13-19H2,1-2H3/t22-,24-,25-,26-,27-,32-,33-/m0/s1. The minimum Gasteiger partial charge on any atom is -0.462 e. The van der Waals surface area contributed by atoms with Crippen molar-refractivity contribution in [1.29, 1.82) is 0 Å². The molecular weight excluding hydrogens is 548 g/mol. The van der Waals surface area contributed by atoms with Crippen molar-refractivity contribution in [3.63, 3.8) is 0 Å². The molecule has 0 amide bonds. The summed E-state index contributed by atoms with van der Waals surface area (Å²) in [4.78, 5) is 34.1. The number of nitrogens with one attached hydrogen (secondary N) is 1. The molecule has 0 spiro atoms. The van der Waals surface area contributed by atoms with Crippen LogP contribution in [0.5, 0.6) is 0 Å².